The van der Waals surface area contributed by atoms with Crippen LogP contribution in [0.15, 0.2) is 29.3 Å². The quantitative estimate of drug-likeness (QED) is 0.247. The fourth-order valence-electron chi connectivity index (χ4n) is 3.30. The third-order valence-corrected chi connectivity index (χ3v) is 6.45. The minimum Gasteiger partial charge on any atom is -0.357 e. The van der Waals surface area contributed by atoms with Crippen LogP contribution >= 0.6 is 24.0 Å². The van der Waals surface area contributed by atoms with Crippen molar-refractivity contribution in [3.8, 4) is 11.8 Å². The summed E-state index contributed by atoms with van der Waals surface area (Å²) < 4.78 is 50.4. The number of alkyl halides is 3. The minimum absolute atomic E-state index is 0. The predicted molar refractivity (Wildman–Crippen MR) is 128 cm³/mol. The molecule has 4 nitrogen and oxygen atoms in total. The van der Waals surface area contributed by atoms with Gasteiger partial charge in [-0.15, -0.1) is 24.0 Å². The zero-order valence-electron chi connectivity index (χ0n) is 17.2. The van der Waals surface area contributed by atoms with Crippen LogP contribution in [0.4, 0.5) is 13.2 Å². The SMILES string of the molecule is CCNC(=NCC#Cc1cccc(C(F)(F)F)c1)NC1CCCC(S(=O)CC)C1.I. The van der Waals surface area contributed by atoms with Crippen LogP contribution in [0, 0.1) is 11.8 Å². The second kappa shape index (κ2) is 13.2. The Labute approximate surface area is 196 Å². The summed E-state index contributed by atoms with van der Waals surface area (Å²) in [6, 6.07) is 5.17. The molecule has 168 valence electrons. The maximum absolute atomic E-state index is 12.8. The maximum Gasteiger partial charge on any atom is 0.416 e. The molecule has 9 heteroatoms. The van der Waals surface area contributed by atoms with E-state index >= 15 is 0 Å². The minimum atomic E-state index is -4.38. The first-order valence-corrected chi connectivity index (χ1v) is 11.3. The molecule has 2 rings (SSSR count). The second-order valence-electron chi connectivity index (χ2n) is 6.87. The Morgan fingerprint density at radius 3 is 2.73 bits per heavy atom. The Hall–Kier alpha value is -1.28. The van der Waals surface area contributed by atoms with Crippen LogP contribution in [0.3, 0.4) is 0 Å². The largest absolute Gasteiger partial charge is 0.416 e. The zero-order valence-corrected chi connectivity index (χ0v) is 20.4. The lowest BCUT2D eigenvalue weighted by atomic mass is 9.95. The summed E-state index contributed by atoms with van der Waals surface area (Å²) in [6.07, 6.45) is -0.507. The van der Waals surface area contributed by atoms with Gasteiger partial charge in [-0.05, 0) is 44.4 Å². The van der Waals surface area contributed by atoms with E-state index in [1.54, 1.807) is 6.07 Å². The van der Waals surface area contributed by atoms with Gasteiger partial charge in [0.2, 0.25) is 0 Å². The highest BCUT2D eigenvalue weighted by Gasteiger charge is 2.30. The molecule has 0 amide bonds. The Kier molecular flexibility index (Phi) is 11.8. The molecular weight excluding hydrogens is 526 g/mol. The first-order chi connectivity index (χ1) is 13.8. The van der Waals surface area contributed by atoms with E-state index < -0.39 is 22.5 Å². The first-order valence-electron chi connectivity index (χ1n) is 9.91. The molecule has 30 heavy (non-hydrogen) atoms. The van der Waals surface area contributed by atoms with Gasteiger partial charge in [-0.1, -0.05) is 31.3 Å². The molecule has 1 saturated carbocycles. The lowest BCUT2D eigenvalue weighted by Crippen LogP contribution is -2.46. The van der Waals surface area contributed by atoms with E-state index in [0.29, 0.717) is 23.8 Å². The number of rotatable bonds is 5. The third-order valence-electron chi connectivity index (χ3n) is 4.71. The average molecular weight is 555 g/mol. The highest BCUT2D eigenvalue weighted by atomic mass is 127. The van der Waals surface area contributed by atoms with Crippen molar-refractivity contribution < 1.29 is 17.4 Å². The smallest absolute Gasteiger partial charge is 0.357 e. The Bertz CT molecular complexity index is 790. The lowest BCUT2D eigenvalue weighted by Gasteiger charge is -2.30. The van der Waals surface area contributed by atoms with Crippen LogP contribution in [0.2, 0.25) is 0 Å². The fraction of sp³-hybridized carbons (Fsp3) is 0.571. The number of halogens is 4. The van der Waals surface area contributed by atoms with Gasteiger partial charge in [-0.25, -0.2) is 4.99 Å². The number of benzene rings is 1. The molecule has 0 bridgehead atoms. The van der Waals surface area contributed by atoms with Gasteiger partial charge < -0.3 is 10.6 Å². The number of nitrogens with zero attached hydrogens (tertiary/aromatic N) is 1. The van der Waals surface area contributed by atoms with Gasteiger partial charge in [0.15, 0.2) is 5.96 Å². The van der Waals surface area contributed by atoms with E-state index in [-0.39, 0.29) is 41.8 Å². The first kappa shape index (κ1) is 26.8. The topological polar surface area (TPSA) is 53.5 Å². The van der Waals surface area contributed by atoms with E-state index in [4.69, 9.17) is 0 Å². The summed E-state index contributed by atoms with van der Waals surface area (Å²) in [4.78, 5) is 4.41. The third kappa shape index (κ3) is 8.84. The summed E-state index contributed by atoms with van der Waals surface area (Å²) in [7, 11) is -0.792. The Morgan fingerprint density at radius 2 is 2.07 bits per heavy atom. The van der Waals surface area contributed by atoms with Gasteiger partial charge in [0.1, 0.15) is 6.54 Å². The second-order valence-corrected chi connectivity index (χ2v) is 8.88. The molecule has 3 unspecified atom stereocenters. The summed E-state index contributed by atoms with van der Waals surface area (Å²) in [6.45, 7) is 4.76. The van der Waals surface area contributed by atoms with Crippen LogP contribution < -0.4 is 10.6 Å². The molecule has 1 fully saturated rings. The molecule has 0 heterocycles. The van der Waals surface area contributed by atoms with E-state index in [9.17, 15) is 17.4 Å². The summed E-state index contributed by atoms with van der Waals surface area (Å²) in [5, 5.41) is 6.76. The van der Waals surface area contributed by atoms with Gasteiger partial charge in [0.25, 0.3) is 0 Å². The van der Waals surface area contributed by atoms with Crippen molar-refractivity contribution >= 4 is 40.7 Å². The van der Waals surface area contributed by atoms with Crippen LogP contribution in [0.5, 0.6) is 0 Å². The molecule has 1 aliphatic carbocycles. The molecule has 1 aromatic rings. The van der Waals surface area contributed by atoms with E-state index in [1.165, 1.54) is 6.07 Å². The number of nitrogens with one attached hydrogen (secondary N) is 2. The molecule has 0 aromatic heterocycles. The van der Waals surface area contributed by atoms with Crippen molar-refractivity contribution in [2.45, 2.75) is 57.0 Å². The Balaban J connectivity index is 0.00000450. The van der Waals surface area contributed by atoms with Crippen molar-refractivity contribution in [2.24, 2.45) is 4.99 Å². The van der Waals surface area contributed by atoms with Crippen LogP contribution in [0.1, 0.15) is 50.7 Å². The normalized spacial score (nSPS) is 20.4. The molecule has 3 atom stereocenters. The van der Waals surface area contributed by atoms with Crippen LogP contribution in [-0.4, -0.2) is 40.3 Å². The number of aliphatic imine (C=N–C) groups is 1. The average Bonchev–Trinajstić information content (AvgIpc) is 2.70. The predicted octanol–water partition coefficient (Wildman–Crippen LogP) is 4.31. The zero-order chi connectivity index (χ0) is 21.3. The van der Waals surface area contributed by atoms with Crippen molar-refractivity contribution in [1.29, 1.82) is 0 Å². The summed E-state index contributed by atoms with van der Waals surface area (Å²) >= 11 is 0. The number of hydrogen-bond donors (Lipinski definition) is 2. The molecule has 1 aliphatic rings. The van der Waals surface area contributed by atoms with Gasteiger partial charge in [-0.2, -0.15) is 13.2 Å². The highest BCUT2D eigenvalue weighted by Crippen LogP contribution is 2.29. The van der Waals surface area contributed by atoms with Crippen molar-refractivity contribution in [1.82, 2.24) is 10.6 Å². The molecule has 0 spiro atoms. The van der Waals surface area contributed by atoms with Crippen molar-refractivity contribution in [2.75, 3.05) is 18.8 Å². The molecular formula is C21H29F3IN3OS. The lowest BCUT2D eigenvalue weighted by molar-refractivity contribution is -0.137. The standard InChI is InChI=1S/C21H28F3N3OS.HI/c1-3-25-20(27-18-11-6-12-19(15-18)29(28)4-2)26-13-7-9-16-8-5-10-17(14-16)21(22,23)24;/h5,8,10,14,18-19H,3-4,6,11-13,15H2,1-2H3,(H2,25,26,27);1H. The van der Waals surface area contributed by atoms with Gasteiger partial charge in [0, 0.05) is 40.0 Å². The van der Waals surface area contributed by atoms with Gasteiger partial charge in [0.05, 0.1) is 5.56 Å². The van der Waals surface area contributed by atoms with Crippen molar-refractivity contribution in [3.05, 3.63) is 35.4 Å². The molecule has 0 saturated heterocycles. The Morgan fingerprint density at radius 1 is 1.30 bits per heavy atom. The number of guanidine groups is 1. The van der Waals surface area contributed by atoms with Crippen LogP contribution in [0.25, 0.3) is 0 Å². The summed E-state index contributed by atoms with van der Waals surface area (Å²) in [5.41, 5.74) is -0.399. The molecule has 2 N–H and O–H groups in total. The van der Waals surface area contributed by atoms with Gasteiger partial charge >= 0.3 is 6.18 Å². The van der Waals surface area contributed by atoms with Gasteiger partial charge in [-0.3, -0.25) is 4.21 Å². The maximum atomic E-state index is 12.8. The van der Waals surface area contributed by atoms with E-state index in [1.807, 2.05) is 13.8 Å². The highest BCUT2D eigenvalue weighted by molar-refractivity contribution is 14.0. The molecule has 0 aliphatic heterocycles. The van der Waals surface area contributed by atoms with Crippen molar-refractivity contribution in [3.63, 3.8) is 0 Å². The van der Waals surface area contributed by atoms with E-state index in [2.05, 4.69) is 27.5 Å². The van der Waals surface area contributed by atoms with E-state index in [0.717, 1.165) is 37.8 Å². The molecule has 1 aromatic carbocycles. The number of hydrogen-bond acceptors (Lipinski definition) is 2. The monoisotopic (exact) mass is 555 g/mol. The fourth-order valence-corrected chi connectivity index (χ4v) is 4.65. The van der Waals surface area contributed by atoms with Crippen LogP contribution in [-0.2, 0) is 17.0 Å². The molecule has 0 radical (unpaired) electrons. The summed E-state index contributed by atoms with van der Waals surface area (Å²) in [5.74, 6) is 6.85.